The second kappa shape index (κ2) is 12.7. The molecule has 3 heteroatoms. The van der Waals surface area contributed by atoms with Crippen molar-refractivity contribution in [1.29, 1.82) is 0 Å². The summed E-state index contributed by atoms with van der Waals surface area (Å²) in [6.45, 7) is 7.07. The number of nitrogens with zero attached hydrogens (tertiary/aromatic N) is 1. The highest BCUT2D eigenvalue weighted by Gasteiger charge is 2.22. The van der Waals surface area contributed by atoms with Gasteiger partial charge in [0.25, 0.3) is 0 Å². The molecule has 0 radical (unpaired) electrons. The summed E-state index contributed by atoms with van der Waals surface area (Å²) in [4.78, 5) is 2.56. The lowest BCUT2D eigenvalue weighted by atomic mass is 9.87. The van der Waals surface area contributed by atoms with Crippen LogP contribution in [0.5, 0.6) is 5.75 Å². The van der Waals surface area contributed by atoms with Gasteiger partial charge in [0, 0.05) is 24.1 Å². The number of rotatable bonds is 11. The molecule has 0 aliphatic rings. The first kappa shape index (κ1) is 25.2. The minimum Gasteiger partial charge on any atom is -0.487 e. The molecule has 0 bridgehead atoms. The largest absolute Gasteiger partial charge is 0.487 e. The van der Waals surface area contributed by atoms with E-state index in [1.165, 1.54) is 22.3 Å². The maximum absolute atomic E-state index is 6.45. The summed E-state index contributed by atoms with van der Waals surface area (Å²) in [7, 11) is 0. The van der Waals surface area contributed by atoms with Crippen molar-refractivity contribution >= 4 is 15.9 Å². The third kappa shape index (κ3) is 7.06. The van der Waals surface area contributed by atoms with Gasteiger partial charge in [0.2, 0.25) is 0 Å². The van der Waals surface area contributed by atoms with E-state index < -0.39 is 0 Å². The van der Waals surface area contributed by atoms with Crippen molar-refractivity contribution in [2.24, 2.45) is 0 Å². The van der Waals surface area contributed by atoms with Gasteiger partial charge in [-0.3, -0.25) is 4.90 Å². The number of halogens is 1. The van der Waals surface area contributed by atoms with Gasteiger partial charge in [0.15, 0.2) is 0 Å². The lowest BCUT2D eigenvalue weighted by Crippen LogP contribution is -2.32. The van der Waals surface area contributed by atoms with E-state index >= 15 is 0 Å². The molecule has 0 aromatic heterocycles. The Morgan fingerprint density at radius 2 is 1.31 bits per heavy atom. The Morgan fingerprint density at radius 3 is 1.94 bits per heavy atom. The number of benzene rings is 4. The van der Waals surface area contributed by atoms with Crippen LogP contribution in [0.3, 0.4) is 0 Å². The summed E-state index contributed by atoms with van der Waals surface area (Å²) in [5, 5.41) is 0. The molecule has 0 fully saturated rings. The predicted molar refractivity (Wildman–Crippen MR) is 150 cm³/mol. The molecule has 1 atom stereocenters. The second-order valence-corrected chi connectivity index (χ2v) is 10.1. The average molecular weight is 529 g/mol. The third-order valence-electron chi connectivity index (χ3n) is 6.46. The molecule has 1 unspecified atom stereocenters. The fraction of sp³-hybridized carbons (Fsp3) is 0.250. The Labute approximate surface area is 218 Å². The number of hydrogen-bond donors (Lipinski definition) is 0. The van der Waals surface area contributed by atoms with Gasteiger partial charge in [-0.15, -0.1) is 0 Å². The van der Waals surface area contributed by atoms with Crippen LogP contribution in [0.15, 0.2) is 114 Å². The molecule has 35 heavy (non-hydrogen) atoms. The van der Waals surface area contributed by atoms with Crippen LogP contribution in [0, 0.1) is 0 Å². The molecule has 0 saturated carbocycles. The Kier molecular flexibility index (Phi) is 9.16. The van der Waals surface area contributed by atoms with Gasteiger partial charge in [-0.2, -0.15) is 0 Å². The number of para-hydroxylation sites is 1. The topological polar surface area (TPSA) is 12.5 Å². The van der Waals surface area contributed by atoms with E-state index in [0.717, 1.165) is 29.7 Å². The van der Waals surface area contributed by atoms with E-state index in [0.29, 0.717) is 12.6 Å². The standard InChI is InChI=1S/C32H34BrNO/c1-25(2)34(23-26-13-6-3-7-14-26)22-21-29(28-17-10-5-11-18-28)30-19-12-20-31(33)32(30)35-24-27-15-8-4-9-16-27/h3-20,25,29H,21-24H2,1-2H3. The molecule has 180 valence electrons. The van der Waals surface area contributed by atoms with Crippen LogP contribution in [0.4, 0.5) is 0 Å². The van der Waals surface area contributed by atoms with Crippen LogP contribution in [-0.2, 0) is 13.2 Å². The van der Waals surface area contributed by atoms with Crippen molar-refractivity contribution in [2.75, 3.05) is 6.54 Å². The molecule has 0 N–H and O–H groups in total. The monoisotopic (exact) mass is 527 g/mol. The molecule has 4 rings (SSSR count). The first-order valence-electron chi connectivity index (χ1n) is 12.4. The fourth-order valence-corrected chi connectivity index (χ4v) is 5.00. The van der Waals surface area contributed by atoms with Gasteiger partial charge in [0.05, 0.1) is 4.47 Å². The number of hydrogen-bond acceptors (Lipinski definition) is 2. The van der Waals surface area contributed by atoms with Gasteiger partial charge in [0.1, 0.15) is 12.4 Å². The second-order valence-electron chi connectivity index (χ2n) is 9.23. The molecule has 0 saturated heterocycles. The van der Waals surface area contributed by atoms with Crippen LogP contribution >= 0.6 is 15.9 Å². The third-order valence-corrected chi connectivity index (χ3v) is 7.09. The maximum atomic E-state index is 6.45. The van der Waals surface area contributed by atoms with E-state index in [2.05, 4.69) is 138 Å². The van der Waals surface area contributed by atoms with Gasteiger partial charge in [-0.25, -0.2) is 0 Å². The molecule has 0 amide bonds. The van der Waals surface area contributed by atoms with Gasteiger partial charge >= 0.3 is 0 Å². The molecule has 0 heterocycles. The minimum absolute atomic E-state index is 0.233. The van der Waals surface area contributed by atoms with E-state index in [-0.39, 0.29) is 5.92 Å². The Balaban J connectivity index is 1.60. The van der Waals surface area contributed by atoms with E-state index in [1.54, 1.807) is 0 Å². The highest BCUT2D eigenvalue weighted by Crippen LogP contribution is 2.39. The number of ether oxygens (including phenoxy) is 1. The zero-order valence-electron chi connectivity index (χ0n) is 20.6. The van der Waals surface area contributed by atoms with Crippen molar-refractivity contribution in [2.45, 2.75) is 45.4 Å². The highest BCUT2D eigenvalue weighted by atomic mass is 79.9. The first-order valence-corrected chi connectivity index (χ1v) is 13.2. The van der Waals surface area contributed by atoms with Crippen molar-refractivity contribution in [3.8, 4) is 5.75 Å². The zero-order valence-corrected chi connectivity index (χ0v) is 22.2. The summed E-state index contributed by atoms with van der Waals surface area (Å²) >= 11 is 3.77. The summed E-state index contributed by atoms with van der Waals surface area (Å²) in [6, 6.07) is 38.8. The summed E-state index contributed by atoms with van der Waals surface area (Å²) in [5.41, 5.74) is 5.06. The van der Waals surface area contributed by atoms with Crippen LogP contribution in [0.25, 0.3) is 0 Å². The summed E-state index contributed by atoms with van der Waals surface area (Å²) < 4.78 is 7.44. The quantitative estimate of drug-likeness (QED) is 0.194. The molecule has 4 aromatic rings. The van der Waals surface area contributed by atoms with Crippen molar-refractivity contribution < 1.29 is 4.74 Å². The highest BCUT2D eigenvalue weighted by molar-refractivity contribution is 9.10. The van der Waals surface area contributed by atoms with Crippen LogP contribution in [-0.4, -0.2) is 17.5 Å². The molecule has 0 spiro atoms. The van der Waals surface area contributed by atoms with Crippen LogP contribution < -0.4 is 4.74 Å². The Hall–Kier alpha value is -2.88. The van der Waals surface area contributed by atoms with Gasteiger partial charge < -0.3 is 4.74 Å². The lowest BCUT2D eigenvalue weighted by Gasteiger charge is -2.30. The van der Waals surface area contributed by atoms with Crippen LogP contribution in [0.1, 0.15) is 48.4 Å². The minimum atomic E-state index is 0.233. The smallest absolute Gasteiger partial charge is 0.137 e. The summed E-state index contributed by atoms with van der Waals surface area (Å²) in [6.07, 6.45) is 1.01. The van der Waals surface area contributed by atoms with Crippen LogP contribution in [0.2, 0.25) is 0 Å². The maximum Gasteiger partial charge on any atom is 0.137 e. The average Bonchev–Trinajstić information content (AvgIpc) is 2.89. The molecular weight excluding hydrogens is 494 g/mol. The van der Waals surface area contributed by atoms with Gasteiger partial charge in [-0.1, -0.05) is 103 Å². The van der Waals surface area contributed by atoms with Crippen molar-refractivity contribution in [3.05, 3.63) is 136 Å². The Bertz CT molecular complexity index is 1160. The fourth-order valence-electron chi connectivity index (χ4n) is 4.50. The van der Waals surface area contributed by atoms with Crippen molar-refractivity contribution in [1.82, 2.24) is 4.90 Å². The van der Waals surface area contributed by atoms with Gasteiger partial charge in [-0.05, 0) is 65.5 Å². The SMILES string of the molecule is CC(C)N(CCC(c1ccccc1)c1cccc(Br)c1OCc1ccccc1)Cc1ccccc1. The molecular formula is C32H34BrNO. The van der Waals surface area contributed by atoms with E-state index in [4.69, 9.17) is 4.74 Å². The molecule has 0 aliphatic heterocycles. The van der Waals surface area contributed by atoms with E-state index in [9.17, 15) is 0 Å². The Morgan fingerprint density at radius 1 is 0.714 bits per heavy atom. The zero-order chi connectivity index (χ0) is 24.5. The van der Waals surface area contributed by atoms with E-state index in [1.807, 2.05) is 6.07 Å². The summed E-state index contributed by atoms with van der Waals surface area (Å²) in [5.74, 6) is 1.17. The molecule has 0 aliphatic carbocycles. The molecule has 4 aromatic carbocycles. The molecule has 2 nitrogen and oxygen atoms in total. The van der Waals surface area contributed by atoms with Crippen molar-refractivity contribution in [3.63, 3.8) is 0 Å². The first-order chi connectivity index (χ1) is 17.1. The lowest BCUT2D eigenvalue weighted by molar-refractivity contribution is 0.206. The predicted octanol–water partition coefficient (Wildman–Crippen LogP) is 8.46. The normalized spacial score (nSPS) is 12.1.